The van der Waals surface area contributed by atoms with Crippen LogP contribution >= 0.6 is 11.3 Å². The minimum Gasteiger partial charge on any atom is -0.356 e. The second-order valence-corrected chi connectivity index (χ2v) is 8.11. The summed E-state index contributed by atoms with van der Waals surface area (Å²) in [6.45, 7) is 2.20. The van der Waals surface area contributed by atoms with Crippen LogP contribution in [0.3, 0.4) is 0 Å². The van der Waals surface area contributed by atoms with E-state index in [1.54, 1.807) is 16.9 Å². The summed E-state index contributed by atoms with van der Waals surface area (Å²) in [5.74, 6) is -0.300. The van der Waals surface area contributed by atoms with Crippen molar-refractivity contribution in [1.82, 2.24) is 20.1 Å². The van der Waals surface area contributed by atoms with Gasteiger partial charge in [0.15, 0.2) is 10.8 Å². The first-order valence-corrected chi connectivity index (χ1v) is 11.2. The van der Waals surface area contributed by atoms with Crippen LogP contribution in [0.15, 0.2) is 72.2 Å². The third-order valence-electron chi connectivity index (χ3n) is 4.83. The number of carbonyl (C=O) groups is 2. The minimum absolute atomic E-state index is 0.00341. The summed E-state index contributed by atoms with van der Waals surface area (Å²) in [7, 11) is 0. The summed E-state index contributed by atoms with van der Waals surface area (Å²) in [5.41, 5.74) is 4.22. The Balaban J connectivity index is 1.35. The smallest absolute Gasteiger partial charge is 0.277 e. The van der Waals surface area contributed by atoms with E-state index in [2.05, 4.69) is 32.8 Å². The van der Waals surface area contributed by atoms with Crippen molar-refractivity contribution in [1.29, 1.82) is 0 Å². The molecule has 0 fully saturated rings. The molecule has 2 N–H and O–H groups in total. The number of aromatic nitrogens is 3. The molecule has 32 heavy (non-hydrogen) atoms. The highest BCUT2D eigenvalue weighted by Crippen LogP contribution is 2.25. The van der Waals surface area contributed by atoms with Gasteiger partial charge < -0.3 is 5.32 Å². The van der Waals surface area contributed by atoms with Gasteiger partial charge in [-0.15, -0.1) is 11.3 Å². The van der Waals surface area contributed by atoms with Crippen molar-refractivity contribution >= 4 is 28.3 Å². The Morgan fingerprint density at radius 3 is 2.56 bits per heavy atom. The van der Waals surface area contributed by atoms with Crippen LogP contribution in [0.5, 0.6) is 0 Å². The van der Waals surface area contributed by atoms with Gasteiger partial charge in [0.25, 0.3) is 5.91 Å². The van der Waals surface area contributed by atoms with Crippen molar-refractivity contribution in [2.45, 2.75) is 19.8 Å². The summed E-state index contributed by atoms with van der Waals surface area (Å²) in [6, 6.07) is 19.5. The molecule has 0 radical (unpaired) electrons. The van der Waals surface area contributed by atoms with Gasteiger partial charge in [0, 0.05) is 30.6 Å². The first-order chi connectivity index (χ1) is 15.6. The molecular formula is C24H23N5O2S. The van der Waals surface area contributed by atoms with Crippen LogP contribution in [0.4, 0.5) is 5.13 Å². The second-order valence-electron chi connectivity index (χ2n) is 7.26. The standard InChI is InChI=1S/C24H23N5O2S/c1-17(30)25-14-5-6-18-9-11-19(12-10-18)22-16-32-24(26-22)27-23(31)21-13-15-29(28-21)20-7-3-2-4-8-20/h2-4,7-13,15-16H,5-6,14H2,1H3,(H,25,30)(H,26,27,31). The summed E-state index contributed by atoms with van der Waals surface area (Å²) >= 11 is 1.38. The number of aryl methyl sites for hydroxylation is 1. The van der Waals surface area contributed by atoms with Crippen LogP contribution in [-0.4, -0.2) is 33.1 Å². The fourth-order valence-corrected chi connectivity index (χ4v) is 3.91. The van der Waals surface area contributed by atoms with Crippen LogP contribution in [-0.2, 0) is 11.2 Å². The van der Waals surface area contributed by atoms with E-state index in [0.29, 0.717) is 17.4 Å². The van der Waals surface area contributed by atoms with E-state index in [0.717, 1.165) is 29.8 Å². The maximum Gasteiger partial charge on any atom is 0.277 e. The molecule has 2 amide bonds. The van der Waals surface area contributed by atoms with Gasteiger partial charge in [-0.1, -0.05) is 42.5 Å². The van der Waals surface area contributed by atoms with Gasteiger partial charge in [0.1, 0.15) is 0 Å². The zero-order chi connectivity index (χ0) is 22.3. The highest BCUT2D eigenvalue weighted by Gasteiger charge is 2.13. The van der Waals surface area contributed by atoms with E-state index >= 15 is 0 Å². The Labute approximate surface area is 190 Å². The van der Waals surface area contributed by atoms with E-state index < -0.39 is 0 Å². The van der Waals surface area contributed by atoms with Crippen molar-refractivity contribution in [2.75, 3.05) is 11.9 Å². The van der Waals surface area contributed by atoms with Crippen LogP contribution < -0.4 is 10.6 Å². The summed E-state index contributed by atoms with van der Waals surface area (Å²) < 4.78 is 1.67. The SMILES string of the molecule is CC(=O)NCCCc1ccc(-c2csc(NC(=O)c3ccn(-c4ccccc4)n3)n2)cc1. The first-order valence-electron chi connectivity index (χ1n) is 10.3. The molecule has 0 unspecified atom stereocenters. The molecule has 162 valence electrons. The number of hydrogen-bond acceptors (Lipinski definition) is 5. The number of hydrogen-bond donors (Lipinski definition) is 2. The molecule has 4 rings (SSSR count). The molecule has 7 nitrogen and oxygen atoms in total. The predicted molar refractivity (Wildman–Crippen MR) is 126 cm³/mol. The van der Waals surface area contributed by atoms with Gasteiger partial charge in [-0.05, 0) is 36.6 Å². The van der Waals surface area contributed by atoms with E-state index in [1.807, 2.05) is 47.8 Å². The number of rotatable bonds is 8. The van der Waals surface area contributed by atoms with Gasteiger partial charge in [-0.25, -0.2) is 9.67 Å². The molecule has 0 bridgehead atoms. The van der Waals surface area contributed by atoms with E-state index in [9.17, 15) is 9.59 Å². The third-order valence-corrected chi connectivity index (χ3v) is 5.59. The minimum atomic E-state index is -0.296. The summed E-state index contributed by atoms with van der Waals surface area (Å²) in [5, 5.41) is 12.4. The Morgan fingerprint density at radius 1 is 1.03 bits per heavy atom. The van der Waals surface area contributed by atoms with Gasteiger partial charge in [-0.3, -0.25) is 14.9 Å². The van der Waals surface area contributed by atoms with Crippen LogP contribution in [0.2, 0.25) is 0 Å². The lowest BCUT2D eigenvalue weighted by Crippen LogP contribution is -2.21. The molecule has 0 spiro atoms. The van der Waals surface area contributed by atoms with Gasteiger partial charge >= 0.3 is 0 Å². The average molecular weight is 446 g/mol. The zero-order valence-corrected chi connectivity index (χ0v) is 18.4. The molecular weight excluding hydrogens is 422 g/mol. The van der Waals surface area contributed by atoms with Crippen molar-refractivity contribution < 1.29 is 9.59 Å². The lowest BCUT2D eigenvalue weighted by atomic mass is 10.1. The molecule has 2 heterocycles. The van der Waals surface area contributed by atoms with Crippen LogP contribution in [0.25, 0.3) is 16.9 Å². The fourth-order valence-electron chi connectivity index (χ4n) is 3.19. The Kier molecular flexibility index (Phi) is 6.72. The summed E-state index contributed by atoms with van der Waals surface area (Å²) in [4.78, 5) is 28.0. The highest BCUT2D eigenvalue weighted by molar-refractivity contribution is 7.14. The number of amides is 2. The van der Waals surface area contributed by atoms with Gasteiger partial charge in [0.2, 0.25) is 5.91 Å². The number of anilines is 1. The fraction of sp³-hybridized carbons (Fsp3) is 0.167. The molecule has 2 aromatic carbocycles. The lowest BCUT2D eigenvalue weighted by Gasteiger charge is -2.04. The molecule has 0 aliphatic rings. The third kappa shape index (κ3) is 5.47. The molecule has 0 aliphatic heterocycles. The van der Waals surface area contributed by atoms with Crippen LogP contribution in [0, 0.1) is 0 Å². The van der Waals surface area contributed by atoms with Crippen molar-refractivity contribution in [2.24, 2.45) is 0 Å². The molecule has 4 aromatic rings. The lowest BCUT2D eigenvalue weighted by molar-refractivity contribution is -0.118. The molecule has 0 atom stereocenters. The number of nitrogens with zero attached hydrogens (tertiary/aromatic N) is 3. The van der Waals surface area contributed by atoms with Crippen LogP contribution in [0.1, 0.15) is 29.4 Å². The largest absolute Gasteiger partial charge is 0.356 e. The van der Waals surface area contributed by atoms with E-state index in [4.69, 9.17) is 0 Å². The number of nitrogens with one attached hydrogen (secondary N) is 2. The van der Waals surface area contributed by atoms with Crippen molar-refractivity contribution in [3.8, 4) is 16.9 Å². The molecule has 0 aliphatic carbocycles. The number of benzene rings is 2. The van der Waals surface area contributed by atoms with Crippen molar-refractivity contribution in [3.05, 3.63) is 83.5 Å². The van der Waals surface area contributed by atoms with E-state index in [1.165, 1.54) is 23.8 Å². The topological polar surface area (TPSA) is 88.9 Å². The number of thiazole rings is 1. The Bertz CT molecular complexity index is 1200. The average Bonchev–Trinajstić information content (AvgIpc) is 3.48. The monoisotopic (exact) mass is 445 g/mol. The molecule has 0 saturated carbocycles. The summed E-state index contributed by atoms with van der Waals surface area (Å²) in [6.07, 6.45) is 3.55. The first kappa shape index (κ1) is 21.5. The predicted octanol–water partition coefficient (Wildman–Crippen LogP) is 4.32. The molecule has 2 aromatic heterocycles. The molecule has 0 saturated heterocycles. The highest BCUT2D eigenvalue weighted by atomic mass is 32.1. The number of carbonyl (C=O) groups excluding carboxylic acids is 2. The van der Waals surface area contributed by atoms with Crippen molar-refractivity contribution in [3.63, 3.8) is 0 Å². The number of para-hydroxylation sites is 1. The van der Waals surface area contributed by atoms with E-state index in [-0.39, 0.29) is 11.8 Å². The van der Waals surface area contributed by atoms with Gasteiger partial charge in [0.05, 0.1) is 11.4 Å². The molecule has 8 heteroatoms. The second kappa shape index (κ2) is 10.0. The Hall–Kier alpha value is -3.78. The maximum absolute atomic E-state index is 12.6. The quantitative estimate of drug-likeness (QED) is 0.396. The normalized spacial score (nSPS) is 10.7. The zero-order valence-electron chi connectivity index (χ0n) is 17.6. The Morgan fingerprint density at radius 2 is 1.81 bits per heavy atom. The maximum atomic E-state index is 12.6. The van der Waals surface area contributed by atoms with Gasteiger partial charge in [-0.2, -0.15) is 5.10 Å².